The van der Waals surface area contributed by atoms with Crippen molar-refractivity contribution in [2.75, 3.05) is 0 Å². The number of aldehydes is 1. The monoisotopic (exact) mass is 304 g/mol. The summed E-state index contributed by atoms with van der Waals surface area (Å²) in [5, 5.41) is 5.73. The van der Waals surface area contributed by atoms with Gasteiger partial charge in [0.2, 0.25) is 0 Å². The Kier molecular flexibility index (Phi) is 3.62. The molecule has 0 fully saturated rings. The zero-order chi connectivity index (χ0) is 13.9. The smallest absolute Gasteiger partial charge is 0.154 e. The first-order valence-electron chi connectivity index (χ1n) is 5.86. The molecule has 0 amide bonds. The molecule has 1 aromatic heterocycles. The van der Waals surface area contributed by atoms with Crippen LogP contribution in [0.3, 0.4) is 0 Å². The fourth-order valence-electron chi connectivity index (χ4n) is 1.95. The molecule has 100 valence electrons. The number of benzene rings is 2. The fourth-order valence-corrected chi connectivity index (χ4v) is 2.55. The molecule has 0 N–H and O–H groups in total. The highest BCUT2D eigenvalue weighted by molar-refractivity contribution is 7.10. The van der Waals surface area contributed by atoms with E-state index in [-0.39, 0.29) is 6.61 Å². The number of rotatable bonds is 4. The highest BCUT2D eigenvalue weighted by Gasteiger charge is 2.10. The Morgan fingerprint density at radius 3 is 2.85 bits per heavy atom. The molecule has 0 radical (unpaired) electrons. The predicted octanol–water partition coefficient (Wildman–Crippen LogP) is 3.74. The van der Waals surface area contributed by atoms with Gasteiger partial charge in [-0.05, 0) is 16.8 Å². The summed E-state index contributed by atoms with van der Waals surface area (Å²) in [4.78, 5) is 11.3. The number of aromatic nitrogens is 2. The first-order valence-corrected chi connectivity index (χ1v) is 7.01. The largest absolute Gasteiger partial charge is 0.486 e. The lowest BCUT2D eigenvalue weighted by atomic mass is 10.0. The van der Waals surface area contributed by atoms with E-state index in [4.69, 9.17) is 16.3 Å². The van der Waals surface area contributed by atoms with Gasteiger partial charge >= 0.3 is 0 Å². The fraction of sp³-hybridized carbons (Fsp3) is 0.0714. The van der Waals surface area contributed by atoms with Crippen LogP contribution in [0.1, 0.15) is 16.1 Å². The van der Waals surface area contributed by atoms with Crippen molar-refractivity contribution >= 4 is 40.2 Å². The first kappa shape index (κ1) is 13.0. The van der Waals surface area contributed by atoms with Crippen LogP contribution in [0.4, 0.5) is 0 Å². The van der Waals surface area contributed by atoms with Crippen molar-refractivity contribution in [3.63, 3.8) is 0 Å². The van der Waals surface area contributed by atoms with E-state index in [2.05, 4.69) is 9.59 Å². The second-order valence-electron chi connectivity index (χ2n) is 4.10. The Labute approximate surface area is 124 Å². The SMILES string of the molecule is O=Cc1c(OCc2nnsc2Cl)ccc2ccccc12. The second-order valence-corrected chi connectivity index (χ2v) is 5.45. The molecule has 3 rings (SSSR count). The van der Waals surface area contributed by atoms with Gasteiger partial charge in [0.1, 0.15) is 22.4 Å². The summed E-state index contributed by atoms with van der Waals surface area (Å²) in [5.41, 5.74) is 1.10. The van der Waals surface area contributed by atoms with Gasteiger partial charge in [-0.25, -0.2) is 0 Å². The van der Waals surface area contributed by atoms with E-state index in [1.807, 2.05) is 30.3 Å². The molecule has 0 saturated carbocycles. The summed E-state index contributed by atoms with van der Waals surface area (Å²) < 4.78 is 9.89. The minimum absolute atomic E-state index is 0.189. The Bertz CT molecular complexity index is 773. The highest BCUT2D eigenvalue weighted by atomic mass is 35.5. The van der Waals surface area contributed by atoms with Crippen LogP contribution in [0.2, 0.25) is 4.34 Å². The van der Waals surface area contributed by atoms with Gasteiger partial charge in [-0.3, -0.25) is 4.79 Å². The van der Waals surface area contributed by atoms with E-state index in [1.165, 1.54) is 0 Å². The quantitative estimate of drug-likeness (QED) is 0.689. The third-order valence-electron chi connectivity index (χ3n) is 2.92. The summed E-state index contributed by atoms with van der Waals surface area (Å²) in [6.45, 7) is 0.189. The standard InChI is InChI=1S/C14H9ClN2O2S/c15-14-12(16-17-20-14)8-19-13-6-5-9-3-1-2-4-10(9)11(13)7-18/h1-7H,8H2. The Balaban J connectivity index is 1.95. The van der Waals surface area contributed by atoms with Crippen molar-refractivity contribution in [3.8, 4) is 5.75 Å². The predicted molar refractivity (Wildman–Crippen MR) is 78.6 cm³/mol. The van der Waals surface area contributed by atoms with Crippen molar-refractivity contribution in [1.82, 2.24) is 9.59 Å². The van der Waals surface area contributed by atoms with Crippen LogP contribution in [0.5, 0.6) is 5.75 Å². The van der Waals surface area contributed by atoms with E-state index in [1.54, 1.807) is 6.07 Å². The molecule has 20 heavy (non-hydrogen) atoms. The number of hydrogen-bond donors (Lipinski definition) is 0. The molecule has 0 spiro atoms. The van der Waals surface area contributed by atoms with E-state index in [0.717, 1.165) is 28.6 Å². The molecular formula is C14H9ClN2O2S. The molecule has 2 aromatic carbocycles. The number of ether oxygens (including phenoxy) is 1. The van der Waals surface area contributed by atoms with Crippen molar-refractivity contribution in [3.05, 3.63) is 52.0 Å². The first-order chi connectivity index (χ1) is 9.79. The third-order valence-corrected chi connectivity index (χ3v) is 3.91. The second kappa shape index (κ2) is 5.56. The molecule has 0 unspecified atom stereocenters. The van der Waals surface area contributed by atoms with Gasteiger partial charge in [0, 0.05) is 11.5 Å². The maximum atomic E-state index is 11.3. The average Bonchev–Trinajstić information content (AvgIpc) is 2.89. The topological polar surface area (TPSA) is 52.1 Å². The number of halogens is 1. The van der Waals surface area contributed by atoms with Crippen LogP contribution >= 0.6 is 23.1 Å². The molecule has 0 aliphatic carbocycles. The minimum Gasteiger partial charge on any atom is -0.486 e. The van der Waals surface area contributed by atoms with Gasteiger partial charge in [-0.1, -0.05) is 46.4 Å². The Morgan fingerprint density at radius 2 is 2.10 bits per heavy atom. The summed E-state index contributed by atoms with van der Waals surface area (Å²) in [6, 6.07) is 11.4. The number of carbonyl (C=O) groups excluding carboxylic acids is 1. The lowest BCUT2D eigenvalue weighted by Crippen LogP contribution is -2.00. The van der Waals surface area contributed by atoms with Crippen molar-refractivity contribution < 1.29 is 9.53 Å². The summed E-state index contributed by atoms with van der Waals surface area (Å²) in [5.74, 6) is 0.516. The third kappa shape index (κ3) is 2.37. The van der Waals surface area contributed by atoms with Crippen molar-refractivity contribution in [1.29, 1.82) is 0 Å². The number of carbonyl (C=O) groups is 1. The van der Waals surface area contributed by atoms with Gasteiger partial charge in [0.15, 0.2) is 6.29 Å². The van der Waals surface area contributed by atoms with Gasteiger partial charge in [-0.15, -0.1) is 5.10 Å². The molecular weight excluding hydrogens is 296 g/mol. The summed E-state index contributed by atoms with van der Waals surface area (Å²) in [6.07, 6.45) is 0.804. The van der Waals surface area contributed by atoms with Gasteiger partial charge in [0.25, 0.3) is 0 Å². The van der Waals surface area contributed by atoms with Crippen LogP contribution < -0.4 is 4.74 Å². The van der Waals surface area contributed by atoms with E-state index < -0.39 is 0 Å². The maximum absolute atomic E-state index is 11.3. The number of nitrogens with zero attached hydrogens (tertiary/aromatic N) is 2. The zero-order valence-electron chi connectivity index (χ0n) is 10.2. The molecule has 6 heteroatoms. The highest BCUT2D eigenvalue weighted by Crippen LogP contribution is 2.28. The van der Waals surface area contributed by atoms with Crippen LogP contribution in [0.15, 0.2) is 36.4 Å². The molecule has 1 heterocycles. The Hall–Kier alpha value is -1.98. The normalized spacial score (nSPS) is 10.7. The molecule has 0 bridgehead atoms. The van der Waals surface area contributed by atoms with Crippen LogP contribution in [-0.2, 0) is 6.61 Å². The van der Waals surface area contributed by atoms with Gasteiger partial charge in [0.05, 0.1) is 5.56 Å². The average molecular weight is 305 g/mol. The zero-order valence-corrected chi connectivity index (χ0v) is 11.8. The lowest BCUT2D eigenvalue weighted by Gasteiger charge is -2.09. The van der Waals surface area contributed by atoms with Crippen molar-refractivity contribution in [2.45, 2.75) is 6.61 Å². The van der Waals surface area contributed by atoms with Crippen LogP contribution in [0.25, 0.3) is 10.8 Å². The molecule has 0 atom stereocenters. The molecule has 0 aliphatic rings. The lowest BCUT2D eigenvalue weighted by molar-refractivity contribution is 0.112. The van der Waals surface area contributed by atoms with Crippen LogP contribution in [0, 0.1) is 0 Å². The summed E-state index contributed by atoms with van der Waals surface area (Å²) in [7, 11) is 0. The van der Waals surface area contributed by atoms with E-state index in [9.17, 15) is 4.79 Å². The van der Waals surface area contributed by atoms with Gasteiger partial charge in [-0.2, -0.15) is 0 Å². The van der Waals surface area contributed by atoms with Crippen LogP contribution in [-0.4, -0.2) is 15.9 Å². The number of fused-ring (bicyclic) bond motifs is 1. The molecule has 0 saturated heterocycles. The summed E-state index contributed by atoms with van der Waals surface area (Å²) >= 11 is 7.03. The van der Waals surface area contributed by atoms with E-state index >= 15 is 0 Å². The maximum Gasteiger partial charge on any atom is 0.154 e. The van der Waals surface area contributed by atoms with E-state index in [0.29, 0.717) is 21.3 Å². The molecule has 3 aromatic rings. The van der Waals surface area contributed by atoms with Crippen molar-refractivity contribution in [2.24, 2.45) is 0 Å². The molecule has 4 nitrogen and oxygen atoms in total. The minimum atomic E-state index is 0.189. The van der Waals surface area contributed by atoms with Gasteiger partial charge < -0.3 is 4.74 Å². The number of hydrogen-bond acceptors (Lipinski definition) is 5. The Morgan fingerprint density at radius 1 is 1.25 bits per heavy atom. The molecule has 0 aliphatic heterocycles.